The van der Waals surface area contributed by atoms with E-state index >= 15 is 0 Å². The summed E-state index contributed by atoms with van der Waals surface area (Å²) in [7, 11) is 1.34. The highest BCUT2D eigenvalue weighted by molar-refractivity contribution is 7.98. The zero-order chi connectivity index (χ0) is 20.5. The minimum atomic E-state index is -0.476. The van der Waals surface area contributed by atoms with Crippen molar-refractivity contribution >= 4 is 39.3 Å². The monoisotopic (exact) mass is 424 g/mol. The predicted octanol–water partition coefficient (Wildman–Crippen LogP) is 5.96. The predicted molar refractivity (Wildman–Crippen MR) is 117 cm³/mol. The van der Waals surface area contributed by atoms with E-state index in [1.54, 1.807) is 41.6 Å². The highest BCUT2D eigenvalue weighted by Crippen LogP contribution is 2.42. The van der Waals surface area contributed by atoms with Crippen LogP contribution in [0, 0.1) is 20.8 Å². The first kappa shape index (κ1) is 19.7. The maximum atomic E-state index is 11.6. The highest BCUT2D eigenvalue weighted by atomic mass is 32.2. The van der Waals surface area contributed by atoms with Gasteiger partial charge < -0.3 is 9.15 Å². The van der Waals surface area contributed by atoms with Crippen molar-refractivity contribution in [2.24, 2.45) is 0 Å². The number of ether oxygens (including phenoxy) is 1. The van der Waals surface area contributed by atoms with Crippen molar-refractivity contribution in [3.63, 3.8) is 0 Å². The molecule has 3 aromatic heterocycles. The number of fused-ring (bicyclic) bond motifs is 1. The number of benzene rings is 1. The minimum Gasteiger partial charge on any atom is -0.463 e. The van der Waals surface area contributed by atoms with E-state index in [4.69, 9.17) is 9.15 Å². The number of thioether (sulfide) groups is 1. The van der Waals surface area contributed by atoms with Crippen LogP contribution >= 0.6 is 23.1 Å². The van der Waals surface area contributed by atoms with Crippen LogP contribution in [0.2, 0.25) is 0 Å². The van der Waals surface area contributed by atoms with Crippen molar-refractivity contribution in [2.45, 2.75) is 31.6 Å². The van der Waals surface area contributed by atoms with Crippen molar-refractivity contribution in [2.75, 3.05) is 7.11 Å². The summed E-state index contributed by atoms with van der Waals surface area (Å²) in [5.41, 5.74) is 4.90. The van der Waals surface area contributed by atoms with Gasteiger partial charge in [0.2, 0.25) is 5.76 Å². The van der Waals surface area contributed by atoms with Crippen LogP contribution in [0.15, 0.2) is 46.1 Å². The average Bonchev–Trinajstić information content (AvgIpc) is 3.32. The Labute approximate surface area is 177 Å². The van der Waals surface area contributed by atoms with Gasteiger partial charge in [-0.05, 0) is 49.6 Å². The number of nitrogens with zero attached hydrogens (tertiary/aromatic N) is 2. The zero-order valence-corrected chi connectivity index (χ0v) is 18.2. The molecule has 148 valence electrons. The molecule has 4 aromatic rings. The molecule has 0 N–H and O–H groups in total. The smallest absolute Gasteiger partial charge is 0.373 e. The number of hydrogen-bond acceptors (Lipinski definition) is 7. The molecule has 4 rings (SSSR count). The summed E-state index contributed by atoms with van der Waals surface area (Å²) < 4.78 is 10.3. The largest absolute Gasteiger partial charge is 0.463 e. The first-order valence-corrected chi connectivity index (χ1v) is 10.9. The van der Waals surface area contributed by atoms with Crippen LogP contribution in [0.3, 0.4) is 0 Å². The summed E-state index contributed by atoms with van der Waals surface area (Å²) in [4.78, 5) is 22.8. The molecule has 0 spiro atoms. The molecule has 0 unspecified atom stereocenters. The lowest BCUT2D eigenvalue weighted by Crippen LogP contribution is -1.98. The number of esters is 1. The summed E-state index contributed by atoms with van der Waals surface area (Å²) in [5.74, 6) is 0.987. The molecule has 0 aliphatic rings. The molecule has 7 heteroatoms. The molecule has 0 bridgehead atoms. The second-order valence-corrected chi connectivity index (χ2v) is 8.90. The number of aromatic nitrogens is 2. The molecule has 0 amide bonds. The summed E-state index contributed by atoms with van der Waals surface area (Å²) in [5, 5.41) is 1.98. The van der Waals surface area contributed by atoms with Gasteiger partial charge >= 0.3 is 5.97 Å². The Balaban J connectivity index is 1.71. The first-order chi connectivity index (χ1) is 14.0. The van der Waals surface area contributed by atoms with E-state index in [1.807, 2.05) is 0 Å². The maximum Gasteiger partial charge on any atom is 0.373 e. The number of carbonyl (C=O) groups is 1. The van der Waals surface area contributed by atoms with Gasteiger partial charge in [-0.2, -0.15) is 0 Å². The normalized spacial score (nSPS) is 11.2. The Hall–Kier alpha value is -2.64. The lowest BCUT2D eigenvalue weighted by molar-refractivity contribution is 0.0563. The third-order valence-electron chi connectivity index (χ3n) is 4.82. The Kier molecular flexibility index (Phi) is 5.43. The number of thiophene rings is 1. The lowest BCUT2D eigenvalue weighted by atomic mass is 9.99. The summed E-state index contributed by atoms with van der Waals surface area (Å²) >= 11 is 3.26. The number of furan rings is 1. The lowest BCUT2D eigenvalue weighted by Gasteiger charge is -2.08. The van der Waals surface area contributed by atoms with Gasteiger partial charge in [-0.1, -0.05) is 30.0 Å². The number of rotatable bonds is 5. The van der Waals surface area contributed by atoms with E-state index in [-0.39, 0.29) is 5.76 Å². The fourth-order valence-corrected chi connectivity index (χ4v) is 5.15. The minimum absolute atomic E-state index is 0.207. The summed E-state index contributed by atoms with van der Waals surface area (Å²) in [6, 6.07) is 9.96. The molecule has 0 saturated carbocycles. The average molecular weight is 425 g/mol. The Bertz CT molecular complexity index is 1210. The molecular formula is C22H20N2O3S2. The van der Waals surface area contributed by atoms with Crippen LogP contribution in [0.4, 0.5) is 0 Å². The van der Waals surface area contributed by atoms with Crippen molar-refractivity contribution in [1.29, 1.82) is 0 Å². The molecule has 0 saturated heterocycles. The molecule has 0 aliphatic heterocycles. The number of methoxy groups -OCH3 is 1. The van der Waals surface area contributed by atoms with Crippen LogP contribution in [-0.4, -0.2) is 23.0 Å². The fraction of sp³-hybridized carbons (Fsp3) is 0.227. The molecule has 0 atom stereocenters. The molecule has 3 heterocycles. The molecular weight excluding hydrogens is 404 g/mol. The third-order valence-corrected chi connectivity index (χ3v) is 6.85. The first-order valence-electron chi connectivity index (χ1n) is 9.09. The fourth-order valence-electron chi connectivity index (χ4n) is 3.18. The van der Waals surface area contributed by atoms with Gasteiger partial charge in [0.25, 0.3) is 0 Å². The molecule has 0 aliphatic carbocycles. The van der Waals surface area contributed by atoms with E-state index < -0.39 is 5.97 Å². The van der Waals surface area contributed by atoms with Crippen molar-refractivity contribution < 1.29 is 13.9 Å². The van der Waals surface area contributed by atoms with E-state index in [9.17, 15) is 4.79 Å². The third kappa shape index (κ3) is 3.80. The molecule has 0 radical (unpaired) electrons. The number of carbonyl (C=O) groups excluding carboxylic acids is 1. The Morgan fingerprint density at radius 1 is 1.14 bits per heavy atom. The number of aryl methyl sites for hydroxylation is 3. The van der Waals surface area contributed by atoms with Crippen LogP contribution in [-0.2, 0) is 10.5 Å². The SMILES string of the molecule is COC(=O)c1ccc(CSc2ncnc3sc(C)c(-c4ccc(C)c(C)c4)c23)o1. The van der Waals surface area contributed by atoms with Gasteiger partial charge in [-0.15, -0.1) is 11.3 Å². The van der Waals surface area contributed by atoms with Crippen LogP contribution in [0.25, 0.3) is 21.3 Å². The van der Waals surface area contributed by atoms with E-state index in [1.165, 1.54) is 34.2 Å². The second kappa shape index (κ2) is 8.00. The Morgan fingerprint density at radius 2 is 1.97 bits per heavy atom. The van der Waals surface area contributed by atoms with E-state index in [0.717, 1.165) is 15.2 Å². The van der Waals surface area contributed by atoms with Gasteiger partial charge in [0.15, 0.2) is 0 Å². The second-order valence-electron chi connectivity index (χ2n) is 6.74. The molecule has 1 aromatic carbocycles. The zero-order valence-electron chi connectivity index (χ0n) is 16.6. The van der Waals surface area contributed by atoms with Crippen molar-refractivity contribution in [1.82, 2.24) is 9.97 Å². The van der Waals surface area contributed by atoms with Gasteiger partial charge in [0.05, 0.1) is 18.2 Å². The molecule has 29 heavy (non-hydrogen) atoms. The van der Waals surface area contributed by atoms with Crippen molar-refractivity contribution in [3.8, 4) is 11.1 Å². The highest BCUT2D eigenvalue weighted by Gasteiger charge is 2.18. The van der Waals surface area contributed by atoms with Gasteiger partial charge in [0.1, 0.15) is 21.9 Å². The van der Waals surface area contributed by atoms with E-state index in [0.29, 0.717) is 11.5 Å². The van der Waals surface area contributed by atoms with Gasteiger partial charge in [-0.25, -0.2) is 14.8 Å². The van der Waals surface area contributed by atoms with Crippen LogP contribution in [0.1, 0.15) is 32.3 Å². The van der Waals surface area contributed by atoms with Gasteiger partial charge in [-0.3, -0.25) is 0 Å². The quantitative estimate of drug-likeness (QED) is 0.224. The van der Waals surface area contributed by atoms with Crippen molar-refractivity contribution in [3.05, 3.63) is 64.2 Å². The number of hydrogen-bond donors (Lipinski definition) is 0. The molecule has 5 nitrogen and oxygen atoms in total. The maximum absolute atomic E-state index is 11.6. The van der Waals surface area contributed by atoms with Gasteiger partial charge in [0, 0.05) is 10.4 Å². The summed E-state index contributed by atoms with van der Waals surface area (Å²) in [6.07, 6.45) is 1.60. The Morgan fingerprint density at radius 3 is 2.72 bits per heavy atom. The van der Waals surface area contributed by atoms with Crippen LogP contribution in [0.5, 0.6) is 0 Å². The topological polar surface area (TPSA) is 65.2 Å². The standard InChI is InChI=1S/C22H20N2O3S2/c1-12-5-6-15(9-13(12)2)18-14(3)29-21-19(18)20(23-11-24-21)28-10-16-7-8-17(27-16)22(25)26-4/h5-9,11H,10H2,1-4H3. The van der Waals surface area contributed by atoms with Crippen LogP contribution < -0.4 is 0 Å². The van der Waals surface area contributed by atoms with E-state index in [2.05, 4.69) is 48.9 Å². The summed E-state index contributed by atoms with van der Waals surface area (Å²) in [6.45, 7) is 6.37. The molecule has 0 fully saturated rings.